The maximum atomic E-state index is 9.77. The number of methoxy groups -OCH3 is 1. The SMILES string of the molecule is COc1ccc([C@H](C)O)c(OCCCN2CCCC2)c1. The molecule has 1 atom stereocenters. The van der Waals surface area contributed by atoms with Crippen LogP contribution in [0.1, 0.15) is 37.9 Å². The molecule has 1 heterocycles. The molecule has 20 heavy (non-hydrogen) atoms. The molecule has 0 radical (unpaired) electrons. The summed E-state index contributed by atoms with van der Waals surface area (Å²) in [6, 6.07) is 5.55. The van der Waals surface area contributed by atoms with Crippen molar-refractivity contribution in [1.82, 2.24) is 4.90 Å². The molecule has 0 bridgehead atoms. The smallest absolute Gasteiger partial charge is 0.128 e. The molecule has 0 amide bonds. The summed E-state index contributed by atoms with van der Waals surface area (Å²) < 4.78 is 11.0. The molecule has 4 heteroatoms. The highest BCUT2D eigenvalue weighted by atomic mass is 16.5. The van der Waals surface area contributed by atoms with E-state index >= 15 is 0 Å². The van der Waals surface area contributed by atoms with Crippen LogP contribution in [-0.4, -0.2) is 43.4 Å². The van der Waals surface area contributed by atoms with E-state index in [0.29, 0.717) is 6.61 Å². The van der Waals surface area contributed by atoms with Gasteiger partial charge in [-0.1, -0.05) is 0 Å². The Hall–Kier alpha value is -1.26. The molecule has 1 aromatic rings. The van der Waals surface area contributed by atoms with Gasteiger partial charge in [-0.05, 0) is 51.4 Å². The van der Waals surface area contributed by atoms with Gasteiger partial charge < -0.3 is 19.5 Å². The molecule has 0 spiro atoms. The van der Waals surface area contributed by atoms with E-state index in [0.717, 1.165) is 30.0 Å². The van der Waals surface area contributed by atoms with Gasteiger partial charge in [-0.3, -0.25) is 0 Å². The van der Waals surface area contributed by atoms with Crippen LogP contribution in [0.3, 0.4) is 0 Å². The maximum absolute atomic E-state index is 9.77. The van der Waals surface area contributed by atoms with E-state index in [4.69, 9.17) is 9.47 Å². The summed E-state index contributed by atoms with van der Waals surface area (Å²) in [7, 11) is 1.63. The van der Waals surface area contributed by atoms with E-state index in [-0.39, 0.29) is 0 Å². The van der Waals surface area contributed by atoms with Crippen LogP contribution in [0.25, 0.3) is 0 Å². The number of benzene rings is 1. The van der Waals surface area contributed by atoms with Crippen molar-refractivity contribution in [3.05, 3.63) is 23.8 Å². The van der Waals surface area contributed by atoms with E-state index in [9.17, 15) is 5.11 Å². The Balaban J connectivity index is 1.86. The molecule has 1 fully saturated rings. The van der Waals surface area contributed by atoms with Crippen molar-refractivity contribution in [3.8, 4) is 11.5 Å². The molecule has 1 aromatic carbocycles. The summed E-state index contributed by atoms with van der Waals surface area (Å²) in [5.41, 5.74) is 0.812. The minimum atomic E-state index is -0.533. The van der Waals surface area contributed by atoms with Crippen molar-refractivity contribution in [3.63, 3.8) is 0 Å². The van der Waals surface area contributed by atoms with E-state index in [1.165, 1.54) is 25.9 Å². The van der Waals surface area contributed by atoms with Crippen LogP contribution >= 0.6 is 0 Å². The highest BCUT2D eigenvalue weighted by molar-refractivity contribution is 5.41. The third kappa shape index (κ3) is 4.12. The fourth-order valence-corrected chi connectivity index (χ4v) is 2.59. The quantitative estimate of drug-likeness (QED) is 0.779. The third-order valence-corrected chi connectivity index (χ3v) is 3.75. The number of ether oxygens (including phenoxy) is 2. The molecule has 0 saturated carbocycles. The standard InChI is InChI=1S/C16H25NO3/c1-13(18)15-7-6-14(19-2)12-16(15)20-11-5-10-17-8-3-4-9-17/h6-7,12-13,18H,3-5,8-11H2,1-2H3/t13-/m0/s1. The molecule has 1 saturated heterocycles. The molecule has 2 rings (SSSR count). The minimum Gasteiger partial charge on any atom is -0.497 e. The predicted molar refractivity (Wildman–Crippen MR) is 79.4 cm³/mol. The number of hydrogen-bond acceptors (Lipinski definition) is 4. The lowest BCUT2D eigenvalue weighted by atomic mass is 10.1. The third-order valence-electron chi connectivity index (χ3n) is 3.75. The molecule has 0 aliphatic carbocycles. The topological polar surface area (TPSA) is 41.9 Å². The van der Waals surface area contributed by atoms with Gasteiger partial charge in [0.25, 0.3) is 0 Å². The Morgan fingerprint density at radius 3 is 2.70 bits per heavy atom. The summed E-state index contributed by atoms with van der Waals surface area (Å²) in [5, 5.41) is 9.77. The van der Waals surface area contributed by atoms with Crippen LogP contribution in [0, 0.1) is 0 Å². The summed E-state index contributed by atoms with van der Waals surface area (Å²) in [6.45, 7) is 5.95. The fraction of sp³-hybridized carbons (Fsp3) is 0.625. The Kier molecular flexibility index (Phi) is 5.68. The number of likely N-dealkylation sites (tertiary alicyclic amines) is 1. The average Bonchev–Trinajstić information content (AvgIpc) is 2.96. The molecule has 1 aliphatic rings. The zero-order valence-corrected chi connectivity index (χ0v) is 12.5. The van der Waals surface area contributed by atoms with Crippen LogP contribution in [0.4, 0.5) is 0 Å². The van der Waals surface area contributed by atoms with E-state index in [2.05, 4.69) is 4.90 Å². The van der Waals surface area contributed by atoms with E-state index in [1.807, 2.05) is 18.2 Å². The van der Waals surface area contributed by atoms with Gasteiger partial charge in [0.15, 0.2) is 0 Å². The first-order chi connectivity index (χ1) is 9.70. The van der Waals surface area contributed by atoms with Gasteiger partial charge in [0.1, 0.15) is 11.5 Å². The van der Waals surface area contributed by atoms with Crippen molar-refractivity contribution in [2.75, 3.05) is 33.4 Å². The molecule has 1 aliphatic heterocycles. The van der Waals surface area contributed by atoms with Gasteiger partial charge in [0.05, 0.1) is 19.8 Å². The number of rotatable bonds is 7. The van der Waals surface area contributed by atoms with Crippen LogP contribution < -0.4 is 9.47 Å². The number of aliphatic hydroxyl groups excluding tert-OH is 1. The fourth-order valence-electron chi connectivity index (χ4n) is 2.59. The zero-order valence-electron chi connectivity index (χ0n) is 12.5. The maximum Gasteiger partial charge on any atom is 0.128 e. The second kappa shape index (κ2) is 7.50. The molecule has 4 nitrogen and oxygen atoms in total. The Morgan fingerprint density at radius 2 is 2.05 bits per heavy atom. The largest absolute Gasteiger partial charge is 0.497 e. The first-order valence-corrected chi connectivity index (χ1v) is 7.42. The molecule has 0 aromatic heterocycles. The molecular weight excluding hydrogens is 254 g/mol. The monoisotopic (exact) mass is 279 g/mol. The minimum absolute atomic E-state index is 0.533. The zero-order chi connectivity index (χ0) is 14.4. The van der Waals surface area contributed by atoms with E-state index in [1.54, 1.807) is 14.0 Å². The van der Waals surface area contributed by atoms with Gasteiger partial charge in [-0.2, -0.15) is 0 Å². The molecule has 0 unspecified atom stereocenters. The lowest BCUT2D eigenvalue weighted by Gasteiger charge is -2.17. The van der Waals surface area contributed by atoms with Crippen LogP contribution in [0.15, 0.2) is 18.2 Å². The van der Waals surface area contributed by atoms with Crippen molar-refractivity contribution in [2.45, 2.75) is 32.3 Å². The van der Waals surface area contributed by atoms with Gasteiger partial charge in [-0.15, -0.1) is 0 Å². The number of hydrogen-bond donors (Lipinski definition) is 1. The van der Waals surface area contributed by atoms with Gasteiger partial charge in [-0.25, -0.2) is 0 Å². The lowest BCUT2D eigenvalue weighted by Crippen LogP contribution is -2.22. The summed E-state index contributed by atoms with van der Waals surface area (Å²) in [4.78, 5) is 2.48. The summed E-state index contributed by atoms with van der Waals surface area (Å²) >= 11 is 0. The highest BCUT2D eigenvalue weighted by Gasteiger charge is 2.12. The second-order valence-corrected chi connectivity index (χ2v) is 5.33. The Labute approximate surface area is 121 Å². The highest BCUT2D eigenvalue weighted by Crippen LogP contribution is 2.29. The van der Waals surface area contributed by atoms with Gasteiger partial charge in [0, 0.05) is 18.2 Å². The van der Waals surface area contributed by atoms with Crippen molar-refractivity contribution in [2.24, 2.45) is 0 Å². The van der Waals surface area contributed by atoms with Gasteiger partial charge >= 0.3 is 0 Å². The van der Waals surface area contributed by atoms with Crippen LogP contribution in [0.5, 0.6) is 11.5 Å². The summed E-state index contributed by atoms with van der Waals surface area (Å²) in [5.74, 6) is 1.48. The van der Waals surface area contributed by atoms with E-state index < -0.39 is 6.10 Å². The Bertz CT molecular complexity index is 414. The Morgan fingerprint density at radius 1 is 1.30 bits per heavy atom. The number of aliphatic hydroxyl groups is 1. The number of nitrogens with zero attached hydrogens (tertiary/aromatic N) is 1. The van der Waals surface area contributed by atoms with Crippen LogP contribution in [0.2, 0.25) is 0 Å². The van der Waals surface area contributed by atoms with Gasteiger partial charge in [0.2, 0.25) is 0 Å². The lowest BCUT2D eigenvalue weighted by molar-refractivity contribution is 0.189. The van der Waals surface area contributed by atoms with Crippen molar-refractivity contribution in [1.29, 1.82) is 0 Å². The second-order valence-electron chi connectivity index (χ2n) is 5.33. The molecular formula is C16H25NO3. The van der Waals surface area contributed by atoms with Crippen LogP contribution in [-0.2, 0) is 0 Å². The summed E-state index contributed by atoms with van der Waals surface area (Å²) in [6.07, 6.45) is 3.12. The normalized spacial score (nSPS) is 17.1. The first-order valence-electron chi connectivity index (χ1n) is 7.42. The molecule has 1 N–H and O–H groups in total. The predicted octanol–water partition coefficient (Wildman–Crippen LogP) is 2.61. The van der Waals surface area contributed by atoms with Crippen molar-refractivity contribution < 1.29 is 14.6 Å². The average molecular weight is 279 g/mol. The first kappa shape index (κ1) is 15.1. The molecule has 112 valence electrons. The van der Waals surface area contributed by atoms with Crippen molar-refractivity contribution >= 4 is 0 Å².